The molecule has 0 aliphatic carbocycles. The van der Waals surface area contributed by atoms with Crippen LogP contribution < -0.4 is 4.90 Å². The molecule has 1 saturated heterocycles. The molecule has 1 atom stereocenters. The largest absolute Gasteiger partial charge is 0.481 e. The summed E-state index contributed by atoms with van der Waals surface area (Å²) in [5, 5.41) is 8.85. The summed E-state index contributed by atoms with van der Waals surface area (Å²) < 4.78 is 0. The van der Waals surface area contributed by atoms with Crippen LogP contribution in [0.5, 0.6) is 0 Å². The van der Waals surface area contributed by atoms with Crippen molar-refractivity contribution < 1.29 is 14.7 Å². The van der Waals surface area contributed by atoms with Crippen molar-refractivity contribution in [3.8, 4) is 0 Å². The van der Waals surface area contributed by atoms with Gasteiger partial charge in [-0.15, -0.1) is 0 Å². The minimum Gasteiger partial charge on any atom is -0.481 e. The fourth-order valence-electron chi connectivity index (χ4n) is 2.80. The Bertz CT molecular complexity index is 528. The number of likely N-dealkylation sites (tertiary alicyclic amines) is 1. The highest BCUT2D eigenvalue weighted by molar-refractivity contribution is 5.94. The van der Waals surface area contributed by atoms with Gasteiger partial charge in [-0.25, -0.2) is 4.98 Å². The Hall–Kier alpha value is -2.11. The monoisotopic (exact) mass is 305 g/mol. The van der Waals surface area contributed by atoms with Gasteiger partial charge in [0.25, 0.3) is 5.91 Å². The van der Waals surface area contributed by atoms with Crippen LogP contribution in [0.2, 0.25) is 0 Å². The van der Waals surface area contributed by atoms with Crippen molar-refractivity contribution in [1.82, 2.24) is 9.88 Å². The second-order valence-electron chi connectivity index (χ2n) is 5.88. The molecule has 6 nitrogen and oxygen atoms in total. The Labute approximate surface area is 130 Å². The van der Waals surface area contributed by atoms with Crippen LogP contribution in [0.1, 0.15) is 42.5 Å². The number of carboxylic acids is 1. The quantitative estimate of drug-likeness (QED) is 0.900. The van der Waals surface area contributed by atoms with E-state index in [4.69, 9.17) is 5.11 Å². The molecule has 0 aromatic carbocycles. The summed E-state index contributed by atoms with van der Waals surface area (Å²) >= 11 is 0. The molecule has 1 aliphatic heterocycles. The summed E-state index contributed by atoms with van der Waals surface area (Å²) in [4.78, 5) is 31.4. The fraction of sp³-hybridized carbons (Fsp3) is 0.562. The Morgan fingerprint density at radius 2 is 2.14 bits per heavy atom. The first-order chi connectivity index (χ1) is 10.5. The predicted molar refractivity (Wildman–Crippen MR) is 84.1 cm³/mol. The van der Waals surface area contributed by atoms with E-state index in [0.717, 1.165) is 25.1 Å². The normalized spacial score (nSPS) is 18.1. The molecule has 0 radical (unpaired) electrons. The first-order valence-corrected chi connectivity index (χ1v) is 7.65. The number of amides is 1. The second-order valence-corrected chi connectivity index (χ2v) is 5.88. The molecule has 1 amide bonds. The van der Waals surface area contributed by atoms with E-state index in [0.29, 0.717) is 18.5 Å². The van der Waals surface area contributed by atoms with E-state index in [2.05, 4.69) is 4.98 Å². The maximum absolute atomic E-state index is 12.7. The summed E-state index contributed by atoms with van der Waals surface area (Å²) in [6.07, 6.45) is 5.11. The number of hydrogen-bond acceptors (Lipinski definition) is 4. The van der Waals surface area contributed by atoms with E-state index in [1.807, 2.05) is 30.0 Å². The molecule has 2 heterocycles. The van der Waals surface area contributed by atoms with E-state index in [-0.39, 0.29) is 18.4 Å². The molecule has 0 spiro atoms. The number of carbonyl (C=O) groups is 2. The molecule has 0 saturated carbocycles. The molecule has 1 N–H and O–H groups in total. The van der Waals surface area contributed by atoms with Crippen molar-refractivity contribution in [2.75, 3.05) is 25.5 Å². The third kappa shape index (κ3) is 3.96. The van der Waals surface area contributed by atoms with Gasteiger partial charge in [-0.05, 0) is 37.8 Å². The highest BCUT2D eigenvalue weighted by Gasteiger charge is 2.27. The maximum atomic E-state index is 12.7. The van der Waals surface area contributed by atoms with Crippen molar-refractivity contribution in [2.45, 2.75) is 38.1 Å². The average molecular weight is 305 g/mol. The molecule has 1 aliphatic rings. The zero-order valence-electron chi connectivity index (χ0n) is 13.2. The average Bonchev–Trinajstić information content (AvgIpc) is 2.52. The molecule has 6 heteroatoms. The van der Waals surface area contributed by atoms with E-state index >= 15 is 0 Å². The van der Waals surface area contributed by atoms with Crippen LogP contribution in [-0.4, -0.2) is 53.5 Å². The highest BCUT2D eigenvalue weighted by Crippen LogP contribution is 2.23. The van der Waals surface area contributed by atoms with E-state index in [1.54, 1.807) is 12.3 Å². The van der Waals surface area contributed by atoms with Crippen molar-refractivity contribution in [2.24, 2.45) is 0 Å². The van der Waals surface area contributed by atoms with Gasteiger partial charge in [0.15, 0.2) is 0 Å². The summed E-state index contributed by atoms with van der Waals surface area (Å²) in [5.41, 5.74) is 0.563. The van der Waals surface area contributed by atoms with Crippen molar-refractivity contribution in [3.05, 3.63) is 23.9 Å². The Morgan fingerprint density at radius 3 is 2.73 bits per heavy atom. The number of piperidine rings is 1. The Balaban J connectivity index is 2.09. The summed E-state index contributed by atoms with van der Waals surface area (Å²) in [7, 11) is 3.80. The van der Waals surface area contributed by atoms with Crippen LogP contribution in [0.25, 0.3) is 0 Å². The lowest BCUT2D eigenvalue weighted by Gasteiger charge is -2.35. The van der Waals surface area contributed by atoms with E-state index in [1.165, 1.54) is 0 Å². The first kappa shape index (κ1) is 16.3. The lowest BCUT2D eigenvalue weighted by atomic mass is 9.97. The van der Waals surface area contributed by atoms with Gasteiger partial charge in [-0.1, -0.05) is 0 Å². The van der Waals surface area contributed by atoms with Gasteiger partial charge in [0.2, 0.25) is 0 Å². The van der Waals surface area contributed by atoms with Gasteiger partial charge in [-0.2, -0.15) is 0 Å². The number of carbonyl (C=O) groups excluding carboxylic acids is 1. The number of carboxylic acid groups (broad SMARTS) is 1. The molecule has 0 bridgehead atoms. The zero-order valence-corrected chi connectivity index (χ0v) is 13.2. The number of nitrogens with zero attached hydrogens (tertiary/aromatic N) is 3. The SMILES string of the molecule is CN(C)c1ccc(C(=O)N2CCCCC2CCC(=O)O)cn1. The van der Waals surface area contributed by atoms with Crippen molar-refractivity contribution >= 4 is 17.7 Å². The Morgan fingerprint density at radius 1 is 1.36 bits per heavy atom. The topological polar surface area (TPSA) is 73.7 Å². The van der Waals surface area contributed by atoms with Crippen LogP contribution >= 0.6 is 0 Å². The molecule has 1 aromatic heterocycles. The van der Waals surface area contributed by atoms with E-state index < -0.39 is 5.97 Å². The summed E-state index contributed by atoms with van der Waals surface area (Å²) in [5.74, 6) is -0.0551. The summed E-state index contributed by atoms with van der Waals surface area (Å²) in [6.45, 7) is 0.693. The molecular weight excluding hydrogens is 282 g/mol. The maximum Gasteiger partial charge on any atom is 0.303 e. The van der Waals surface area contributed by atoms with Gasteiger partial charge in [-0.3, -0.25) is 9.59 Å². The number of anilines is 1. The molecule has 22 heavy (non-hydrogen) atoms. The van der Waals surface area contributed by atoms with Crippen LogP contribution in [0.3, 0.4) is 0 Å². The predicted octanol–water partition coefficient (Wildman–Crippen LogP) is 2.01. The molecule has 1 fully saturated rings. The second kappa shape index (κ2) is 7.24. The van der Waals surface area contributed by atoms with Gasteiger partial charge in [0.05, 0.1) is 5.56 Å². The number of pyridine rings is 1. The van der Waals surface area contributed by atoms with Gasteiger partial charge in [0.1, 0.15) is 5.82 Å². The molecule has 120 valence electrons. The molecular formula is C16H23N3O3. The lowest BCUT2D eigenvalue weighted by molar-refractivity contribution is -0.137. The van der Waals surface area contributed by atoms with Gasteiger partial charge < -0.3 is 14.9 Å². The smallest absolute Gasteiger partial charge is 0.303 e. The third-order valence-electron chi connectivity index (χ3n) is 4.03. The van der Waals surface area contributed by atoms with Crippen molar-refractivity contribution in [3.63, 3.8) is 0 Å². The minimum absolute atomic E-state index is 0.0193. The van der Waals surface area contributed by atoms with E-state index in [9.17, 15) is 9.59 Å². The fourth-order valence-corrected chi connectivity index (χ4v) is 2.80. The van der Waals surface area contributed by atoms with Crippen LogP contribution in [0, 0.1) is 0 Å². The van der Waals surface area contributed by atoms with Crippen molar-refractivity contribution in [1.29, 1.82) is 0 Å². The number of rotatable bonds is 5. The summed E-state index contributed by atoms with van der Waals surface area (Å²) in [6, 6.07) is 3.63. The molecule has 1 aromatic rings. The van der Waals surface area contributed by atoms with Crippen LogP contribution in [0.15, 0.2) is 18.3 Å². The van der Waals surface area contributed by atoms with Gasteiger partial charge >= 0.3 is 5.97 Å². The highest BCUT2D eigenvalue weighted by atomic mass is 16.4. The zero-order chi connectivity index (χ0) is 16.1. The lowest BCUT2D eigenvalue weighted by Crippen LogP contribution is -2.44. The first-order valence-electron chi connectivity index (χ1n) is 7.65. The third-order valence-corrected chi connectivity index (χ3v) is 4.03. The number of aliphatic carboxylic acids is 1. The number of hydrogen-bond donors (Lipinski definition) is 1. The van der Waals surface area contributed by atoms with Crippen LogP contribution in [-0.2, 0) is 4.79 Å². The number of aromatic nitrogens is 1. The van der Waals surface area contributed by atoms with Gasteiger partial charge in [0, 0.05) is 39.3 Å². The molecule has 2 rings (SSSR count). The molecule has 1 unspecified atom stereocenters. The standard InChI is InChI=1S/C16H23N3O3/c1-18(2)14-8-6-12(11-17-14)16(22)19-10-4-3-5-13(19)7-9-15(20)21/h6,8,11,13H,3-5,7,9-10H2,1-2H3,(H,20,21). The minimum atomic E-state index is -0.810. The van der Waals surface area contributed by atoms with Crippen LogP contribution in [0.4, 0.5) is 5.82 Å². The Kier molecular flexibility index (Phi) is 5.35.